The van der Waals surface area contributed by atoms with Crippen LogP contribution >= 0.6 is 0 Å². The Balaban J connectivity index is 1.67. The molecule has 1 N–H and O–H groups in total. The van der Waals surface area contributed by atoms with Crippen LogP contribution in [0.1, 0.15) is 47.8 Å². The summed E-state index contributed by atoms with van der Waals surface area (Å²) in [4.78, 5) is 14.6. The number of likely N-dealkylation sites (N-methyl/N-ethyl adjacent to an activating group) is 1. The quantitative estimate of drug-likeness (QED) is 0.862. The van der Waals surface area contributed by atoms with Gasteiger partial charge in [0, 0.05) is 55.5 Å². The predicted octanol–water partition coefficient (Wildman–Crippen LogP) is 3.16. The summed E-state index contributed by atoms with van der Waals surface area (Å²) in [7, 11) is 2.15. The molecule has 2 aromatic rings. The summed E-state index contributed by atoms with van der Waals surface area (Å²) in [6.45, 7) is 4.74. The van der Waals surface area contributed by atoms with Gasteiger partial charge >= 0.3 is 0 Å². The van der Waals surface area contributed by atoms with E-state index in [1.807, 2.05) is 13.0 Å². The SMILES string of the molecule is CCN(CCO)C(=O)c1ccc2c(c1)c1c(n2C)CC[C@H](C2CCOCC2)C1. The molecule has 1 saturated heterocycles. The summed E-state index contributed by atoms with van der Waals surface area (Å²) in [6.07, 6.45) is 5.86. The van der Waals surface area contributed by atoms with E-state index in [4.69, 9.17) is 4.74 Å². The molecule has 28 heavy (non-hydrogen) atoms. The van der Waals surface area contributed by atoms with Crippen molar-refractivity contribution in [3.8, 4) is 0 Å². The van der Waals surface area contributed by atoms with Crippen molar-refractivity contribution in [3.63, 3.8) is 0 Å². The maximum atomic E-state index is 12.9. The van der Waals surface area contributed by atoms with Crippen molar-refractivity contribution in [2.75, 3.05) is 32.9 Å². The lowest BCUT2D eigenvalue weighted by molar-refractivity contribution is 0.0439. The van der Waals surface area contributed by atoms with Crippen molar-refractivity contribution in [2.45, 2.75) is 39.0 Å². The highest BCUT2D eigenvalue weighted by Gasteiger charge is 2.31. The molecule has 0 saturated carbocycles. The molecule has 5 nitrogen and oxygen atoms in total. The Morgan fingerprint density at radius 1 is 1.25 bits per heavy atom. The van der Waals surface area contributed by atoms with Crippen LogP contribution < -0.4 is 0 Å². The fraction of sp³-hybridized carbons (Fsp3) is 0.609. The van der Waals surface area contributed by atoms with Crippen molar-refractivity contribution in [1.82, 2.24) is 9.47 Å². The number of aliphatic hydroxyl groups is 1. The van der Waals surface area contributed by atoms with E-state index >= 15 is 0 Å². The first-order valence-corrected chi connectivity index (χ1v) is 10.7. The number of benzene rings is 1. The van der Waals surface area contributed by atoms with E-state index in [0.29, 0.717) is 13.1 Å². The van der Waals surface area contributed by atoms with Crippen molar-refractivity contribution in [2.24, 2.45) is 18.9 Å². The van der Waals surface area contributed by atoms with Gasteiger partial charge in [0.25, 0.3) is 5.91 Å². The molecular weight excluding hydrogens is 352 g/mol. The van der Waals surface area contributed by atoms with Crippen LogP contribution in [0, 0.1) is 11.8 Å². The van der Waals surface area contributed by atoms with Crippen LogP contribution in [0.5, 0.6) is 0 Å². The topological polar surface area (TPSA) is 54.7 Å². The number of aliphatic hydroxyl groups excluding tert-OH is 1. The zero-order chi connectivity index (χ0) is 19.7. The summed E-state index contributed by atoms with van der Waals surface area (Å²) in [5.41, 5.74) is 4.83. The molecule has 4 rings (SSSR count). The first-order chi connectivity index (χ1) is 13.6. The molecule has 1 amide bonds. The minimum atomic E-state index is -0.00462. The lowest BCUT2D eigenvalue weighted by Crippen LogP contribution is -2.33. The number of amides is 1. The second-order valence-electron chi connectivity index (χ2n) is 8.28. The van der Waals surface area contributed by atoms with E-state index < -0.39 is 0 Å². The Bertz CT molecular complexity index is 851. The normalized spacial score (nSPS) is 20.3. The number of hydrogen-bond acceptors (Lipinski definition) is 3. The lowest BCUT2D eigenvalue weighted by atomic mass is 9.75. The van der Waals surface area contributed by atoms with Crippen LogP contribution in [0.25, 0.3) is 10.9 Å². The maximum absolute atomic E-state index is 12.9. The molecule has 5 heteroatoms. The number of carbonyl (C=O) groups is 1. The van der Waals surface area contributed by atoms with Gasteiger partial charge in [-0.3, -0.25) is 4.79 Å². The summed E-state index contributed by atoms with van der Waals surface area (Å²) in [6, 6.07) is 6.12. The molecule has 1 fully saturated rings. The van der Waals surface area contributed by atoms with Crippen LogP contribution in [0.4, 0.5) is 0 Å². The van der Waals surface area contributed by atoms with Gasteiger partial charge < -0.3 is 19.3 Å². The molecule has 0 bridgehead atoms. The van der Waals surface area contributed by atoms with E-state index in [2.05, 4.69) is 23.7 Å². The lowest BCUT2D eigenvalue weighted by Gasteiger charge is -2.33. The third kappa shape index (κ3) is 3.46. The number of aryl methyl sites for hydroxylation is 1. The van der Waals surface area contributed by atoms with E-state index in [9.17, 15) is 9.90 Å². The monoisotopic (exact) mass is 384 g/mol. The predicted molar refractivity (Wildman–Crippen MR) is 111 cm³/mol. The van der Waals surface area contributed by atoms with E-state index in [1.165, 1.54) is 41.4 Å². The average Bonchev–Trinajstić information content (AvgIpc) is 3.03. The molecule has 0 unspecified atom stereocenters. The zero-order valence-electron chi connectivity index (χ0n) is 17.1. The van der Waals surface area contributed by atoms with Gasteiger partial charge in [-0.25, -0.2) is 0 Å². The number of carbonyl (C=O) groups excluding carboxylic acids is 1. The average molecular weight is 385 g/mol. The zero-order valence-corrected chi connectivity index (χ0v) is 17.1. The van der Waals surface area contributed by atoms with Gasteiger partial charge in [-0.1, -0.05) is 0 Å². The van der Waals surface area contributed by atoms with Crippen molar-refractivity contribution < 1.29 is 14.6 Å². The number of fused-ring (bicyclic) bond motifs is 3. The minimum Gasteiger partial charge on any atom is -0.395 e. The number of hydrogen-bond donors (Lipinski definition) is 1. The Morgan fingerprint density at radius 3 is 2.75 bits per heavy atom. The van der Waals surface area contributed by atoms with E-state index in [0.717, 1.165) is 43.5 Å². The highest BCUT2D eigenvalue weighted by molar-refractivity contribution is 5.99. The van der Waals surface area contributed by atoms with Gasteiger partial charge in [0.05, 0.1) is 6.61 Å². The molecule has 1 atom stereocenters. The fourth-order valence-electron chi connectivity index (χ4n) is 5.24. The molecule has 0 spiro atoms. The Hall–Kier alpha value is -1.85. The summed E-state index contributed by atoms with van der Waals surface area (Å²) >= 11 is 0. The van der Waals surface area contributed by atoms with Crippen LogP contribution in [-0.4, -0.2) is 53.4 Å². The van der Waals surface area contributed by atoms with Crippen molar-refractivity contribution >= 4 is 16.8 Å². The maximum Gasteiger partial charge on any atom is 0.253 e. The molecule has 2 heterocycles. The second-order valence-corrected chi connectivity index (χ2v) is 8.28. The van der Waals surface area contributed by atoms with Crippen LogP contribution in [0.15, 0.2) is 18.2 Å². The van der Waals surface area contributed by atoms with E-state index in [-0.39, 0.29) is 12.5 Å². The number of ether oxygens (including phenoxy) is 1. The third-order valence-electron chi connectivity index (χ3n) is 6.87. The molecule has 152 valence electrons. The fourth-order valence-corrected chi connectivity index (χ4v) is 5.24. The van der Waals surface area contributed by atoms with Crippen LogP contribution in [-0.2, 0) is 24.6 Å². The second kappa shape index (κ2) is 8.26. The van der Waals surface area contributed by atoms with Gasteiger partial charge in [-0.15, -0.1) is 0 Å². The Kier molecular flexibility index (Phi) is 5.74. The van der Waals surface area contributed by atoms with Gasteiger partial charge in [-0.2, -0.15) is 0 Å². The summed E-state index contributed by atoms with van der Waals surface area (Å²) in [5, 5.41) is 10.5. The molecule has 1 aliphatic carbocycles. The van der Waals surface area contributed by atoms with E-state index in [1.54, 1.807) is 4.90 Å². The van der Waals surface area contributed by atoms with Gasteiger partial charge in [0.2, 0.25) is 0 Å². The summed E-state index contributed by atoms with van der Waals surface area (Å²) < 4.78 is 7.89. The molecule has 1 aliphatic heterocycles. The number of aromatic nitrogens is 1. The Morgan fingerprint density at radius 2 is 2.04 bits per heavy atom. The molecule has 1 aromatic carbocycles. The molecule has 2 aliphatic rings. The van der Waals surface area contributed by atoms with Gasteiger partial charge in [0.15, 0.2) is 0 Å². The molecule has 0 radical (unpaired) electrons. The van der Waals surface area contributed by atoms with Crippen LogP contribution in [0.3, 0.4) is 0 Å². The largest absolute Gasteiger partial charge is 0.395 e. The molecule has 1 aromatic heterocycles. The first-order valence-electron chi connectivity index (χ1n) is 10.7. The highest BCUT2D eigenvalue weighted by Crippen LogP contribution is 2.39. The van der Waals surface area contributed by atoms with Crippen molar-refractivity contribution in [1.29, 1.82) is 0 Å². The summed E-state index contributed by atoms with van der Waals surface area (Å²) in [5.74, 6) is 1.50. The number of rotatable bonds is 5. The number of nitrogens with zero attached hydrogens (tertiary/aromatic N) is 2. The third-order valence-corrected chi connectivity index (χ3v) is 6.87. The van der Waals surface area contributed by atoms with Crippen molar-refractivity contribution in [3.05, 3.63) is 35.0 Å². The first kappa shape index (κ1) is 19.5. The van der Waals surface area contributed by atoms with Gasteiger partial charge in [-0.05, 0) is 74.6 Å². The highest BCUT2D eigenvalue weighted by atomic mass is 16.5. The molecular formula is C23H32N2O3. The van der Waals surface area contributed by atoms with Crippen LogP contribution in [0.2, 0.25) is 0 Å². The standard InChI is InChI=1S/C23H32N2O3/c1-3-25(10-11-26)23(27)18-5-7-22-20(15-18)19-14-17(4-6-21(19)24(22)2)16-8-12-28-13-9-16/h5,7,15-17,26H,3-4,6,8-14H2,1-2H3/t17-/m0/s1. The smallest absolute Gasteiger partial charge is 0.253 e. The van der Waals surface area contributed by atoms with Gasteiger partial charge in [0.1, 0.15) is 0 Å². The Labute approximate surface area is 167 Å². The minimum absolute atomic E-state index is 0.00462.